The fourth-order valence-electron chi connectivity index (χ4n) is 2.75. The molecule has 2 aromatic rings. The lowest BCUT2D eigenvalue weighted by molar-refractivity contribution is 0.220. The summed E-state index contributed by atoms with van der Waals surface area (Å²) in [5.41, 5.74) is 4.87. The molecular weight excluding hydrogens is 220 g/mol. The van der Waals surface area contributed by atoms with Gasteiger partial charge in [-0.15, -0.1) is 0 Å². The van der Waals surface area contributed by atoms with Gasteiger partial charge in [-0.1, -0.05) is 48.5 Å². The summed E-state index contributed by atoms with van der Waals surface area (Å²) in [5.74, 6) is 0. The zero-order valence-electron chi connectivity index (χ0n) is 10.5. The molecule has 1 heteroatoms. The number of hydrogen-bond acceptors (Lipinski definition) is 1. The molecule has 1 aliphatic rings. The predicted octanol–water partition coefficient (Wildman–Crippen LogP) is 3.65. The van der Waals surface area contributed by atoms with Crippen molar-refractivity contribution in [3.63, 3.8) is 0 Å². The van der Waals surface area contributed by atoms with E-state index in [0.717, 1.165) is 17.5 Å². The summed E-state index contributed by atoms with van der Waals surface area (Å²) in [6.45, 7) is 0. The molecule has 3 rings (SSSR count). The molecule has 0 aliphatic heterocycles. The molecule has 0 unspecified atom stereocenters. The highest BCUT2D eigenvalue weighted by Crippen LogP contribution is 2.27. The molecule has 92 valence electrons. The highest BCUT2D eigenvalue weighted by molar-refractivity contribution is 5.38. The number of hydrogen-bond donors (Lipinski definition) is 1. The van der Waals surface area contributed by atoms with Crippen LogP contribution in [0.4, 0.5) is 0 Å². The summed E-state index contributed by atoms with van der Waals surface area (Å²) in [5, 5.41) is 10.4. The maximum atomic E-state index is 10.4. The standard InChI is InChI=1S/C17H18O/c18-17(14-7-2-1-3-8-14)16-11-10-13-6-4-5-9-15(13)12-16/h1-3,7-8,10-12,17-18H,4-6,9H2/t17-/m1/s1. The average Bonchev–Trinajstić information content (AvgIpc) is 2.47. The molecule has 1 atom stereocenters. The van der Waals surface area contributed by atoms with Gasteiger partial charge in [-0.3, -0.25) is 0 Å². The van der Waals surface area contributed by atoms with Gasteiger partial charge >= 0.3 is 0 Å². The Morgan fingerprint density at radius 2 is 1.50 bits per heavy atom. The number of aliphatic hydroxyl groups is 1. The van der Waals surface area contributed by atoms with Crippen LogP contribution in [0.2, 0.25) is 0 Å². The van der Waals surface area contributed by atoms with Gasteiger partial charge in [0.2, 0.25) is 0 Å². The molecule has 0 radical (unpaired) electrons. The first-order chi connectivity index (χ1) is 8.84. The Balaban J connectivity index is 1.93. The van der Waals surface area contributed by atoms with E-state index in [4.69, 9.17) is 0 Å². The van der Waals surface area contributed by atoms with Gasteiger partial charge in [-0.2, -0.15) is 0 Å². The third-order valence-electron chi connectivity index (χ3n) is 3.80. The van der Waals surface area contributed by atoms with Crippen LogP contribution in [0.1, 0.15) is 41.2 Å². The molecule has 0 aromatic heterocycles. The summed E-state index contributed by atoms with van der Waals surface area (Å²) in [7, 11) is 0. The van der Waals surface area contributed by atoms with Crippen molar-refractivity contribution in [3.8, 4) is 0 Å². The maximum Gasteiger partial charge on any atom is 0.104 e. The highest BCUT2D eigenvalue weighted by atomic mass is 16.3. The lowest BCUT2D eigenvalue weighted by Gasteiger charge is -2.19. The van der Waals surface area contributed by atoms with E-state index in [-0.39, 0.29) is 0 Å². The summed E-state index contributed by atoms with van der Waals surface area (Å²) in [6, 6.07) is 16.3. The monoisotopic (exact) mass is 238 g/mol. The number of aliphatic hydroxyl groups excluding tert-OH is 1. The molecule has 1 N–H and O–H groups in total. The molecule has 0 fully saturated rings. The zero-order chi connectivity index (χ0) is 12.4. The van der Waals surface area contributed by atoms with Crippen LogP contribution in [-0.4, -0.2) is 5.11 Å². The Morgan fingerprint density at radius 1 is 0.778 bits per heavy atom. The van der Waals surface area contributed by atoms with Crippen molar-refractivity contribution in [2.75, 3.05) is 0 Å². The Labute approximate surface area is 108 Å². The molecule has 0 saturated heterocycles. The van der Waals surface area contributed by atoms with E-state index in [1.54, 1.807) is 0 Å². The molecule has 0 heterocycles. The first-order valence-corrected chi connectivity index (χ1v) is 6.69. The number of benzene rings is 2. The number of fused-ring (bicyclic) bond motifs is 1. The first kappa shape index (κ1) is 11.5. The van der Waals surface area contributed by atoms with E-state index in [1.165, 1.54) is 30.4 Å². The van der Waals surface area contributed by atoms with Gasteiger partial charge in [0, 0.05) is 0 Å². The normalized spacial score (nSPS) is 16.1. The van der Waals surface area contributed by atoms with Gasteiger partial charge < -0.3 is 5.11 Å². The van der Waals surface area contributed by atoms with Gasteiger partial charge in [0.05, 0.1) is 0 Å². The molecule has 18 heavy (non-hydrogen) atoms. The van der Waals surface area contributed by atoms with Crippen molar-refractivity contribution in [1.82, 2.24) is 0 Å². The Morgan fingerprint density at radius 3 is 2.28 bits per heavy atom. The lowest BCUT2D eigenvalue weighted by Crippen LogP contribution is -2.06. The minimum absolute atomic E-state index is 0.501. The van der Waals surface area contributed by atoms with Crippen LogP contribution in [0.3, 0.4) is 0 Å². The third-order valence-corrected chi connectivity index (χ3v) is 3.80. The van der Waals surface area contributed by atoms with Gasteiger partial charge in [-0.25, -0.2) is 0 Å². The van der Waals surface area contributed by atoms with Crippen LogP contribution in [-0.2, 0) is 12.8 Å². The fourth-order valence-corrected chi connectivity index (χ4v) is 2.75. The SMILES string of the molecule is O[C@H](c1ccccc1)c1ccc2c(c1)CCCC2. The fraction of sp³-hybridized carbons (Fsp3) is 0.294. The molecule has 0 amide bonds. The summed E-state index contributed by atoms with van der Waals surface area (Å²) in [4.78, 5) is 0. The molecule has 0 saturated carbocycles. The van der Waals surface area contributed by atoms with Crippen LogP contribution >= 0.6 is 0 Å². The van der Waals surface area contributed by atoms with Crippen LogP contribution < -0.4 is 0 Å². The Bertz CT molecular complexity index is 531. The molecule has 1 nitrogen and oxygen atoms in total. The minimum Gasteiger partial charge on any atom is -0.384 e. The molecule has 1 aliphatic carbocycles. The van der Waals surface area contributed by atoms with Crippen molar-refractivity contribution in [1.29, 1.82) is 0 Å². The average molecular weight is 238 g/mol. The van der Waals surface area contributed by atoms with Gasteiger partial charge in [0.25, 0.3) is 0 Å². The Kier molecular flexibility index (Phi) is 3.16. The van der Waals surface area contributed by atoms with E-state index in [0.29, 0.717) is 0 Å². The van der Waals surface area contributed by atoms with Crippen LogP contribution in [0.5, 0.6) is 0 Å². The summed E-state index contributed by atoms with van der Waals surface area (Å²) < 4.78 is 0. The van der Waals surface area contributed by atoms with E-state index in [1.807, 2.05) is 30.3 Å². The second-order valence-corrected chi connectivity index (χ2v) is 5.05. The van der Waals surface area contributed by atoms with Crippen molar-refractivity contribution >= 4 is 0 Å². The number of aryl methyl sites for hydroxylation is 2. The minimum atomic E-state index is -0.501. The number of rotatable bonds is 2. The summed E-state index contributed by atoms with van der Waals surface area (Å²) in [6.07, 6.45) is 4.42. The van der Waals surface area contributed by atoms with Crippen LogP contribution in [0.15, 0.2) is 48.5 Å². The summed E-state index contributed by atoms with van der Waals surface area (Å²) >= 11 is 0. The van der Waals surface area contributed by atoms with Crippen molar-refractivity contribution in [2.24, 2.45) is 0 Å². The van der Waals surface area contributed by atoms with Crippen molar-refractivity contribution in [2.45, 2.75) is 31.8 Å². The molecule has 0 spiro atoms. The van der Waals surface area contributed by atoms with Crippen LogP contribution in [0, 0.1) is 0 Å². The smallest absolute Gasteiger partial charge is 0.104 e. The second-order valence-electron chi connectivity index (χ2n) is 5.05. The van der Waals surface area contributed by atoms with Crippen LogP contribution in [0.25, 0.3) is 0 Å². The Hall–Kier alpha value is -1.60. The molecule has 2 aromatic carbocycles. The highest BCUT2D eigenvalue weighted by Gasteiger charge is 2.14. The topological polar surface area (TPSA) is 20.2 Å². The van der Waals surface area contributed by atoms with Gasteiger partial charge in [0.1, 0.15) is 6.10 Å². The largest absolute Gasteiger partial charge is 0.384 e. The van der Waals surface area contributed by atoms with Gasteiger partial charge in [-0.05, 0) is 47.9 Å². The first-order valence-electron chi connectivity index (χ1n) is 6.69. The quantitative estimate of drug-likeness (QED) is 0.846. The van der Waals surface area contributed by atoms with E-state index >= 15 is 0 Å². The van der Waals surface area contributed by atoms with E-state index in [2.05, 4.69) is 18.2 Å². The zero-order valence-corrected chi connectivity index (χ0v) is 10.5. The van der Waals surface area contributed by atoms with Crippen molar-refractivity contribution in [3.05, 3.63) is 70.8 Å². The van der Waals surface area contributed by atoms with Crippen molar-refractivity contribution < 1.29 is 5.11 Å². The van der Waals surface area contributed by atoms with E-state index in [9.17, 15) is 5.11 Å². The predicted molar refractivity (Wildman–Crippen MR) is 73.6 cm³/mol. The molecule has 0 bridgehead atoms. The maximum absolute atomic E-state index is 10.4. The molecular formula is C17H18O. The van der Waals surface area contributed by atoms with E-state index < -0.39 is 6.10 Å². The van der Waals surface area contributed by atoms with Gasteiger partial charge in [0.15, 0.2) is 0 Å². The third kappa shape index (κ3) is 2.19. The lowest BCUT2D eigenvalue weighted by atomic mass is 9.88. The second kappa shape index (κ2) is 4.95.